The summed E-state index contributed by atoms with van der Waals surface area (Å²) in [7, 11) is 8.36. The smallest absolute Gasteiger partial charge is 0.309 e. The van der Waals surface area contributed by atoms with E-state index in [0.717, 1.165) is 140 Å². The summed E-state index contributed by atoms with van der Waals surface area (Å²) in [6.07, 6.45) is 12.8. The molecule has 0 saturated heterocycles. The van der Waals surface area contributed by atoms with Gasteiger partial charge in [-0.2, -0.15) is 0 Å². The highest BCUT2D eigenvalue weighted by atomic mass is 35.5. The number of hydrogen-bond donors (Lipinski definition) is 4. The van der Waals surface area contributed by atoms with E-state index in [2.05, 4.69) is 169 Å². The summed E-state index contributed by atoms with van der Waals surface area (Å²) in [6.45, 7) is 45.4. The largest absolute Gasteiger partial charge is 0.481 e. The molecule has 18 heteroatoms. The van der Waals surface area contributed by atoms with Crippen LogP contribution >= 0.6 is 23.2 Å². The van der Waals surface area contributed by atoms with E-state index < -0.39 is 46.9 Å². The molecule has 10 aliphatic carbocycles. The number of Topliss-reactive ketones (excluding diaryl/α,β-unsaturated/α-hetero) is 2. The number of carboxylic acid groups (broad SMARTS) is 2. The van der Waals surface area contributed by atoms with E-state index in [9.17, 15) is 49.2 Å². The number of aliphatic carboxylic acids is 2. The van der Waals surface area contributed by atoms with Crippen LogP contribution in [0.4, 0.5) is 0 Å². The Morgan fingerprint density at radius 3 is 1.11 bits per heavy atom. The number of fused-ring (bicyclic) bond motifs is 14. The van der Waals surface area contributed by atoms with Crippen LogP contribution in [0.15, 0.2) is 70.8 Å². The molecule has 8 saturated carbocycles. The van der Waals surface area contributed by atoms with Crippen molar-refractivity contribution in [3.05, 3.63) is 92.0 Å². The van der Waals surface area contributed by atoms with E-state index >= 15 is 0 Å². The van der Waals surface area contributed by atoms with Gasteiger partial charge in [0.15, 0.2) is 11.6 Å². The monoisotopic (exact) mass is 1620 g/mol. The number of carbonyl (C=O) groups excluding carboxylic acids is 4. The van der Waals surface area contributed by atoms with Crippen molar-refractivity contribution in [2.45, 2.75) is 278 Å². The van der Waals surface area contributed by atoms with E-state index in [1.165, 1.54) is 22.3 Å². The number of aliphatic hydroxyl groups excluding tert-OH is 2. The van der Waals surface area contributed by atoms with Crippen LogP contribution in [-0.4, -0.2) is 167 Å². The maximum absolute atomic E-state index is 14.1. The predicted octanol–water partition coefficient (Wildman–Crippen LogP) is 18.6. The van der Waals surface area contributed by atoms with Crippen LogP contribution in [0.2, 0.25) is 10.0 Å². The molecule has 114 heavy (non-hydrogen) atoms. The lowest BCUT2D eigenvalue weighted by atomic mass is 9.33. The fourth-order valence-corrected chi connectivity index (χ4v) is 27.8. The summed E-state index contributed by atoms with van der Waals surface area (Å²) in [5, 5.41) is 46.0. The van der Waals surface area contributed by atoms with Gasteiger partial charge in [0.1, 0.15) is 12.2 Å². The number of carboxylic acids is 2. The lowest BCUT2D eigenvalue weighted by Gasteiger charge is -2.72. The second-order valence-electron chi connectivity index (χ2n) is 43.4. The number of aliphatic hydroxyl groups is 2. The number of rotatable bonds is 26. The minimum atomic E-state index is -1.18. The Morgan fingerprint density at radius 2 is 0.807 bits per heavy atom. The Balaban J connectivity index is 0.000000225. The summed E-state index contributed by atoms with van der Waals surface area (Å²) in [4.78, 5) is 87.3. The van der Waals surface area contributed by atoms with Gasteiger partial charge in [-0.3, -0.25) is 38.6 Å². The molecule has 0 aliphatic heterocycles. The molecule has 0 spiro atoms. The lowest BCUT2D eigenvalue weighted by Crippen LogP contribution is -2.66. The van der Waals surface area contributed by atoms with Gasteiger partial charge < -0.3 is 39.7 Å². The molecule has 0 bridgehead atoms. The van der Waals surface area contributed by atoms with Crippen LogP contribution in [0.1, 0.15) is 251 Å². The van der Waals surface area contributed by atoms with Crippen LogP contribution in [-0.2, 0) is 51.3 Å². The third kappa shape index (κ3) is 16.8. The Kier molecular flexibility index (Phi) is 26.5. The van der Waals surface area contributed by atoms with Crippen LogP contribution in [0.5, 0.6) is 0 Å². The highest BCUT2D eigenvalue weighted by Gasteiger charge is 2.73. The zero-order valence-electron chi connectivity index (χ0n) is 73.8. The number of allylic oxidation sites excluding steroid dienone is 4. The van der Waals surface area contributed by atoms with Gasteiger partial charge in [-0.1, -0.05) is 156 Å². The fraction of sp³-hybridized carbons (Fsp3) is 0.771. The van der Waals surface area contributed by atoms with Crippen LogP contribution < -0.4 is 0 Å². The zero-order chi connectivity index (χ0) is 84.1. The molecule has 636 valence electrons. The summed E-state index contributed by atoms with van der Waals surface area (Å²) < 4.78 is 12.4. The maximum Gasteiger partial charge on any atom is 0.309 e. The number of nitrogens with zero attached hydrogens (tertiary/aromatic N) is 4. The molecule has 0 aromatic heterocycles. The Labute approximate surface area is 695 Å². The second kappa shape index (κ2) is 33.5. The highest BCUT2D eigenvalue weighted by molar-refractivity contribution is 6.30. The average molecular weight is 1620 g/mol. The fourth-order valence-electron chi connectivity index (χ4n) is 27.5. The van der Waals surface area contributed by atoms with Gasteiger partial charge in [-0.05, 0) is 296 Å². The molecule has 0 heterocycles. The summed E-state index contributed by atoms with van der Waals surface area (Å²) >= 11 is 12.5. The number of ketones is 2. The summed E-state index contributed by atoms with van der Waals surface area (Å²) in [6, 6.07) is 16.1. The molecule has 0 amide bonds. The zero-order valence-corrected chi connectivity index (χ0v) is 75.4. The molecule has 2 unspecified atom stereocenters. The topological polar surface area (TPSA) is 215 Å². The van der Waals surface area contributed by atoms with Gasteiger partial charge in [-0.15, -0.1) is 0 Å². The molecule has 10 aliphatic rings. The SMILES string of the molecule is CC(C)C1=C2C(CC1=O)[C@@H]([C@@H](O)CN(CCN(C)C)Cc1ccc(Cl)cc1)C[C@]1(C)[C@@H]2CC[C@@H]2[C@@]3(C)CC[C@H](OC(=O)CC(C)(C)C(=O)O)C(C)(C)[C@@H]3CC[C@]21C.CC(C)C1=C2C(CC1=O)[C@@H]([C@H](O)CN(CCN(C)C)Cc1ccc(Cl)cc1)C[C@]1(C)[C@@H]2CC[C@@H]2[C@@]3(C)CC[C@H](OC(=O)CC(C)(C)C(=O)O)C(C)(C)[C@@H]3CC[C@]21C. The number of hydrogen-bond acceptors (Lipinski definition) is 14. The van der Waals surface area contributed by atoms with E-state index in [1.807, 2.05) is 24.3 Å². The van der Waals surface area contributed by atoms with Crippen molar-refractivity contribution in [1.82, 2.24) is 19.6 Å². The molecule has 4 N–H and O–H groups in total. The Hall–Kier alpha value is -4.52. The minimum absolute atomic E-state index is 0.0101. The van der Waals surface area contributed by atoms with Gasteiger partial charge in [-0.25, -0.2) is 0 Å². The van der Waals surface area contributed by atoms with E-state index in [1.54, 1.807) is 27.7 Å². The minimum Gasteiger partial charge on any atom is -0.481 e. The van der Waals surface area contributed by atoms with Gasteiger partial charge >= 0.3 is 23.9 Å². The van der Waals surface area contributed by atoms with Crippen molar-refractivity contribution < 1.29 is 58.7 Å². The number of ether oxygens (including phenoxy) is 2. The number of carbonyl (C=O) groups is 6. The van der Waals surface area contributed by atoms with Crippen molar-refractivity contribution in [2.75, 3.05) is 67.5 Å². The van der Waals surface area contributed by atoms with Crippen molar-refractivity contribution in [3.8, 4) is 0 Å². The van der Waals surface area contributed by atoms with Crippen LogP contribution in [0.25, 0.3) is 0 Å². The van der Waals surface area contributed by atoms with Gasteiger partial charge in [0.25, 0.3) is 0 Å². The lowest BCUT2D eigenvalue weighted by molar-refractivity contribution is -0.237. The van der Waals surface area contributed by atoms with Crippen molar-refractivity contribution >= 4 is 58.6 Å². The van der Waals surface area contributed by atoms with Crippen molar-refractivity contribution in [1.29, 1.82) is 0 Å². The van der Waals surface area contributed by atoms with Gasteiger partial charge in [0.05, 0.1) is 35.9 Å². The predicted molar refractivity (Wildman–Crippen MR) is 453 cm³/mol. The van der Waals surface area contributed by atoms with Crippen LogP contribution in [0, 0.1) is 125 Å². The Morgan fingerprint density at radius 1 is 0.474 bits per heavy atom. The van der Waals surface area contributed by atoms with Gasteiger partial charge in [0, 0.05) is 86.1 Å². The first kappa shape index (κ1) is 90.2. The summed E-state index contributed by atoms with van der Waals surface area (Å²) in [5.74, 6) is 0.397. The molecule has 20 atom stereocenters. The van der Waals surface area contributed by atoms with Crippen LogP contribution in [0.3, 0.4) is 0 Å². The summed E-state index contributed by atoms with van der Waals surface area (Å²) in [5.41, 5.74) is 4.16. The van der Waals surface area contributed by atoms with Crippen molar-refractivity contribution in [2.24, 2.45) is 125 Å². The first-order valence-corrected chi connectivity index (χ1v) is 44.7. The molecule has 0 radical (unpaired) electrons. The van der Waals surface area contributed by atoms with Gasteiger partial charge in [0.2, 0.25) is 0 Å². The normalized spacial score (nSPS) is 35.5. The maximum atomic E-state index is 14.1. The molecule has 2 aromatic carbocycles. The number of benzene rings is 2. The third-order valence-electron chi connectivity index (χ3n) is 33.8. The first-order chi connectivity index (χ1) is 52.9. The molecular weight excluding hydrogens is 1470 g/mol. The second-order valence-corrected chi connectivity index (χ2v) is 44.2. The van der Waals surface area contributed by atoms with Crippen molar-refractivity contribution in [3.63, 3.8) is 0 Å². The first-order valence-electron chi connectivity index (χ1n) is 43.9. The number of halogens is 2. The number of likely N-dealkylation sites (N-methyl/N-ethyl adjacent to an activating group) is 2. The molecule has 8 fully saturated rings. The van der Waals surface area contributed by atoms with E-state index in [0.29, 0.717) is 83.1 Å². The van der Waals surface area contributed by atoms with E-state index in [4.69, 9.17) is 32.7 Å². The van der Waals surface area contributed by atoms with E-state index in [-0.39, 0.29) is 104 Å². The molecule has 16 nitrogen and oxygen atoms in total. The average Bonchev–Trinajstić information content (AvgIpc) is 1.11. The molecule has 2 aromatic rings. The quantitative estimate of drug-likeness (QED) is 0.0645. The molecule has 12 rings (SSSR count). The standard InChI is InChI=1S/2C48H73ClN2O6/c2*1-29(2)41-35(52)24-32-33(36(53)28-51(23-22-50(10)11)27-30-12-14-31(49)15-13-30)25-48(9)34(42(32)41)16-17-38-46(7)20-19-39(57-40(54)26-44(3,4)43(55)56)45(5,6)37(46)18-21-47(38,48)8/h2*12-15,29,32-34,36-39,53H,16-28H2,1-11H3,(H,55,56)/t32?,33-,34+,36+,37-,38+,39-,46-,47+,48+;32?,33-,34+,36-,37-,38+,39-,46-,47+,48+/m00/s1. The highest BCUT2D eigenvalue weighted by Crippen LogP contribution is 2.79. The third-order valence-corrected chi connectivity index (χ3v) is 34.3. The Bertz CT molecular complexity index is 3690. The molecular formula is C96H146Cl2N4O12. The number of esters is 2.